The zero-order valence-electron chi connectivity index (χ0n) is 11.6. The van der Waals surface area contributed by atoms with Crippen LogP contribution in [0.25, 0.3) is 0 Å². The van der Waals surface area contributed by atoms with Crippen LogP contribution in [0.2, 0.25) is 0 Å². The summed E-state index contributed by atoms with van der Waals surface area (Å²) in [6, 6.07) is 0.778. The van der Waals surface area contributed by atoms with Crippen molar-refractivity contribution in [2.75, 3.05) is 26.2 Å². The Morgan fingerprint density at radius 1 is 1.19 bits per heavy atom. The van der Waals surface area contributed by atoms with Gasteiger partial charge in [0.05, 0.1) is 0 Å². The third kappa shape index (κ3) is 4.84. The van der Waals surface area contributed by atoms with Gasteiger partial charge in [0.1, 0.15) is 0 Å². The van der Waals surface area contributed by atoms with E-state index in [1.807, 2.05) is 0 Å². The number of nitrogens with one attached hydrogen (secondary N) is 1. The SMILES string of the molecule is CCNCC1CCN(C(C)CC(C)C)CC1. The lowest BCUT2D eigenvalue weighted by molar-refractivity contribution is 0.127. The maximum Gasteiger partial charge on any atom is 0.00693 e. The molecule has 1 aliphatic heterocycles. The van der Waals surface area contributed by atoms with Gasteiger partial charge in [-0.2, -0.15) is 0 Å². The van der Waals surface area contributed by atoms with Gasteiger partial charge in [0, 0.05) is 6.04 Å². The first-order valence-electron chi connectivity index (χ1n) is 7.08. The summed E-state index contributed by atoms with van der Waals surface area (Å²) in [5, 5.41) is 3.48. The smallest absolute Gasteiger partial charge is 0.00693 e. The second-order valence-corrected chi connectivity index (χ2v) is 5.77. The summed E-state index contributed by atoms with van der Waals surface area (Å²) in [5.41, 5.74) is 0. The molecule has 2 heteroatoms. The maximum absolute atomic E-state index is 3.48. The van der Waals surface area contributed by atoms with Crippen LogP contribution < -0.4 is 5.32 Å². The lowest BCUT2D eigenvalue weighted by Gasteiger charge is -2.36. The highest BCUT2D eigenvalue weighted by atomic mass is 15.2. The van der Waals surface area contributed by atoms with Crippen molar-refractivity contribution in [3.63, 3.8) is 0 Å². The molecule has 0 aromatic rings. The molecule has 0 spiro atoms. The lowest BCUT2D eigenvalue weighted by atomic mass is 9.94. The average molecular weight is 226 g/mol. The molecule has 0 amide bonds. The maximum atomic E-state index is 3.48. The molecule has 0 saturated carbocycles. The third-order valence-electron chi connectivity index (χ3n) is 3.77. The van der Waals surface area contributed by atoms with Crippen molar-refractivity contribution in [2.24, 2.45) is 11.8 Å². The summed E-state index contributed by atoms with van der Waals surface area (Å²) in [6.07, 6.45) is 4.11. The first-order valence-corrected chi connectivity index (χ1v) is 7.08. The Hall–Kier alpha value is -0.0800. The first-order chi connectivity index (χ1) is 7.63. The summed E-state index contributed by atoms with van der Waals surface area (Å²) in [5.74, 6) is 1.75. The molecule has 0 aromatic heterocycles. The van der Waals surface area contributed by atoms with E-state index in [1.54, 1.807) is 0 Å². The monoisotopic (exact) mass is 226 g/mol. The lowest BCUT2D eigenvalue weighted by Crippen LogP contribution is -2.42. The molecular weight excluding hydrogens is 196 g/mol. The van der Waals surface area contributed by atoms with Gasteiger partial charge >= 0.3 is 0 Å². The van der Waals surface area contributed by atoms with Crippen molar-refractivity contribution in [3.05, 3.63) is 0 Å². The molecule has 0 aliphatic carbocycles. The van der Waals surface area contributed by atoms with Gasteiger partial charge < -0.3 is 10.2 Å². The van der Waals surface area contributed by atoms with E-state index in [9.17, 15) is 0 Å². The molecule has 1 N–H and O–H groups in total. The Labute approximate surface area is 102 Å². The summed E-state index contributed by atoms with van der Waals surface area (Å²) < 4.78 is 0. The molecule has 1 heterocycles. The van der Waals surface area contributed by atoms with E-state index < -0.39 is 0 Å². The van der Waals surface area contributed by atoms with Crippen molar-refractivity contribution in [1.29, 1.82) is 0 Å². The van der Waals surface area contributed by atoms with Gasteiger partial charge in [-0.05, 0) is 64.2 Å². The van der Waals surface area contributed by atoms with Crippen LogP contribution in [-0.4, -0.2) is 37.1 Å². The second kappa shape index (κ2) is 7.29. The zero-order valence-corrected chi connectivity index (χ0v) is 11.6. The second-order valence-electron chi connectivity index (χ2n) is 5.77. The van der Waals surface area contributed by atoms with Crippen LogP contribution in [0, 0.1) is 11.8 Å². The molecule has 1 unspecified atom stereocenters. The highest BCUT2D eigenvalue weighted by Gasteiger charge is 2.22. The molecule has 1 aliphatic rings. The van der Waals surface area contributed by atoms with E-state index >= 15 is 0 Å². The number of nitrogens with zero attached hydrogens (tertiary/aromatic N) is 1. The fraction of sp³-hybridized carbons (Fsp3) is 1.00. The Balaban J connectivity index is 2.20. The summed E-state index contributed by atoms with van der Waals surface area (Å²) >= 11 is 0. The van der Waals surface area contributed by atoms with Gasteiger partial charge in [0.25, 0.3) is 0 Å². The molecule has 1 atom stereocenters. The predicted octanol–water partition coefficient (Wildman–Crippen LogP) is 2.74. The van der Waals surface area contributed by atoms with E-state index in [-0.39, 0.29) is 0 Å². The van der Waals surface area contributed by atoms with Crippen molar-refractivity contribution >= 4 is 0 Å². The Morgan fingerprint density at radius 2 is 1.81 bits per heavy atom. The molecule has 0 aromatic carbocycles. The van der Waals surface area contributed by atoms with Gasteiger partial charge in [-0.25, -0.2) is 0 Å². The van der Waals surface area contributed by atoms with Crippen molar-refractivity contribution in [2.45, 2.75) is 53.0 Å². The predicted molar refractivity (Wildman–Crippen MR) is 71.8 cm³/mol. The fourth-order valence-corrected chi connectivity index (χ4v) is 2.78. The van der Waals surface area contributed by atoms with Crippen molar-refractivity contribution in [3.8, 4) is 0 Å². The van der Waals surface area contributed by atoms with Gasteiger partial charge in [-0.15, -0.1) is 0 Å². The minimum absolute atomic E-state index is 0.778. The molecule has 1 fully saturated rings. The summed E-state index contributed by atoms with van der Waals surface area (Å²) in [4.78, 5) is 2.68. The van der Waals surface area contributed by atoms with E-state index in [4.69, 9.17) is 0 Å². The average Bonchev–Trinajstić information content (AvgIpc) is 2.26. The summed E-state index contributed by atoms with van der Waals surface area (Å²) in [6.45, 7) is 14.2. The number of piperidine rings is 1. The zero-order chi connectivity index (χ0) is 12.0. The molecule has 0 bridgehead atoms. The molecule has 96 valence electrons. The van der Waals surface area contributed by atoms with E-state index in [2.05, 4.69) is 37.9 Å². The third-order valence-corrected chi connectivity index (χ3v) is 3.77. The largest absolute Gasteiger partial charge is 0.317 e. The molecule has 2 nitrogen and oxygen atoms in total. The standard InChI is InChI=1S/C14H30N2/c1-5-15-11-14-6-8-16(9-7-14)13(4)10-12(2)3/h12-15H,5-11H2,1-4H3. The van der Waals surface area contributed by atoms with Crippen LogP contribution in [0.4, 0.5) is 0 Å². The minimum atomic E-state index is 0.778. The molecule has 1 rings (SSSR count). The summed E-state index contributed by atoms with van der Waals surface area (Å²) in [7, 11) is 0. The Morgan fingerprint density at radius 3 is 2.31 bits per heavy atom. The Bertz CT molecular complexity index is 172. The molecule has 1 saturated heterocycles. The highest BCUT2D eigenvalue weighted by Crippen LogP contribution is 2.20. The fourth-order valence-electron chi connectivity index (χ4n) is 2.78. The van der Waals surface area contributed by atoms with Crippen LogP contribution in [0.5, 0.6) is 0 Å². The van der Waals surface area contributed by atoms with Crippen molar-refractivity contribution < 1.29 is 0 Å². The minimum Gasteiger partial charge on any atom is -0.317 e. The van der Waals surface area contributed by atoms with Crippen LogP contribution in [0.15, 0.2) is 0 Å². The van der Waals surface area contributed by atoms with Crippen molar-refractivity contribution in [1.82, 2.24) is 10.2 Å². The number of rotatable bonds is 6. The molecular formula is C14H30N2. The van der Waals surface area contributed by atoms with Crippen LogP contribution in [0.3, 0.4) is 0 Å². The number of hydrogen-bond donors (Lipinski definition) is 1. The van der Waals surface area contributed by atoms with Gasteiger partial charge in [0.2, 0.25) is 0 Å². The normalized spacial score (nSPS) is 21.6. The van der Waals surface area contributed by atoms with Gasteiger partial charge in [0.15, 0.2) is 0 Å². The number of likely N-dealkylation sites (tertiary alicyclic amines) is 1. The molecule has 16 heavy (non-hydrogen) atoms. The molecule has 0 radical (unpaired) electrons. The Kier molecular flexibility index (Phi) is 6.37. The van der Waals surface area contributed by atoms with Crippen LogP contribution in [-0.2, 0) is 0 Å². The number of hydrogen-bond acceptors (Lipinski definition) is 2. The van der Waals surface area contributed by atoms with Crippen LogP contribution >= 0.6 is 0 Å². The van der Waals surface area contributed by atoms with Gasteiger partial charge in [-0.1, -0.05) is 20.8 Å². The van der Waals surface area contributed by atoms with Crippen LogP contribution in [0.1, 0.15) is 47.0 Å². The highest BCUT2D eigenvalue weighted by molar-refractivity contribution is 4.77. The first kappa shape index (κ1) is 14.0. The van der Waals surface area contributed by atoms with E-state index in [1.165, 1.54) is 38.9 Å². The van der Waals surface area contributed by atoms with Gasteiger partial charge in [-0.3, -0.25) is 0 Å². The van der Waals surface area contributed by atoms with E-state index in [0.717, 1.165) is 24.4 Å². The topological polar surface area (TPSA) is 15.3 Å². The quantitative estimate of drug-likeness (QED) is 0.749. The van der Waals surface area contributed by atoms with E-state index in [0.29, 0.717) is 0 Å².